The first-order valence-electron chi connectivity index (χ1n) is 5.62. The van der Waals surface area contributed by atoms with Gasteiger partial charge >= 0.3 is 0 Å². The zero-order valence-electron chi connectivity index (χ0n) is 10.0. The Morgan fingerprint density at radius 3 is 2.81 bits per heavy atom. The minimum absolute atomic E-state index is 0.283. The highest BCUT2D eigenvalue weighted by molar-refractivity contribution is 7.99. The van der Waals surface area contributed by atoms with Crippen LogP contribution >= 0.6 is 11.8 Å². The average molecular weight is 240 g/mol. The van der Waals surface area contributed by atoms with Crippen molar-refractivity contribution >= 4 is 11.8 Å². The maximum Gasteiger partial charge on any atom is 0.122 e. The van der Waals surface area contributed by atoms with Gasteiger partial charge in [-0.05, 0) is 43.2 Å². The van der Waals surface area contributed by atoms with E-state index < -0.39 is 0 Å². The number of rotatable bonds is 7. The van der Waals surface area contributed by atoms with Crippen LogP contribution in [-0.4, -0.2) is 29.8 Å². The molecule has 0 aliphatic rings. The number of thioether (sulfide) groups is 1. The van der Waals surface area contributed by atoms with E-state index in [1.165, 1.54) is 11.1 Å². The molecule has 2 nitrogen and oxygen atoms in total. The van der Waals surface area contributed by atoms with E-state index in [0.29, 0.717) is 0 Å². The van der Waals surface area contributed by atoms with E-state index in [2.05, 4.69) is 32.0 Å². The maximum atomic E-state index is 8.62. The number of aryl methyl sites for hydroxylation is 2. The molecule has 1 aromatic carbocycles. The Bertz CT molecular complexity index is 313. The lowest BCUT2D eigenvalue weighted by Crippen LogP contribution is -2.02. The van der Waals surface area contributed by atoms with E-state index in [1.54, 1.807) is 0 Å². The summed E-state index contributed by atoms with van der Waals surface area (Å²) in [5, 5.41) is 8.62. The van der Waals surface area contributed by atoms with Crippen LogP contribution in [0.3, 0.4) is 0 Å². The summed E-state index contributed by atoms with van der Waals surface area (Å²) < 4.78 is 5.71. The number of hydrogen-bond acceptors (Lipinski definition) is 3. The number of aliphatic hydroxyl groups excluding tert-OH is 1. The maximum absolute atomic E-state index is 8.62. The molecular weight excluding hydrogens is 220 g/mol. The molecule has 1 N–H and O–H groups in total. The van der Waals surface area contributed by atoms with Gasteiger partial charge in [0.05, 0.1) is 6.61 Å². The molecule has 0 amide bonds. The predicted molar refractivity (Wildman–Crippen MR) is 70.4 cm³/mol. The van der Waals surface area contributed by atoms with Crippen LogP contribution in [0.2, 0.25) is 0 Å². The van der Waals surface area contributed by atoms with Crippen LogP contribution in [0.15, 0.2) is 18.2 Å². The highest BCUT2D eigenvalue weighted by Crippen LogP contribution is 2.19. The van der Waals surface area contributed by atoms with Crippen molar-refractivity contribution in [3.8, 4) is 5.75 Å². The van der Waals surface area contributed by atoms with Crippen LogP contribution in [0.25, 0.3) is 0 Å². The van der Waals surface area contributed by atoms with Crippen LogP contribution < -0.4 is 4.74 Å². The van der Waals surface area contributed by atoms with Gasteiger partial charge in [-0.3, -0.25) is 0 Å². The quantitative estimate of drug-likeness (QED) is 0.743. The summed E-state index contributed by atoms with van der Waals surface area (Å²) >= 11 is 1.82. The molecule has 0 aromatic heterocycles. The SMILES string of the molecule is Cc1ccc(C)c(OCCSCCCO)c1. The van der Waals surface area contributed by atoms with Gasteiger partial charge in [-0.2, -0.15) is 11.8 Å². The van der Waals surface area contributed by atoms with Crippen molar-refractivity contribution in [2.45, 2.75) is 20.3 Å². The summed E-state index contributed by atoms with van der Waals surface area (Å²) in [6.45, 7) is 5.15. The van der Waals surface area contributed by atoms with Crippen molar-refractivity contribution in [1.29, 1.82) is 0 Å². The molecule has 90 valence electrons. The van der Waals surface area contributed by atoms with Gasteiger partial charge in [0.2, 0.25) is 0 Å². The number of ether oxygens (including phenoxy) is 1. The molecule has 3 heteroatoms. The van der Waals surface area contributed by atoms with Gasteiger partial charge in [0, 0.05) is 12.4 Å². The lowest BCUT2D eigenvalue weighted by Gasteiger charge is -2.09. The Morgan fingerprint density at radius 2 is 2.06 bits per heavy atom. The number of benzene rings is 1. The molecule has 0 bridgehead atoms. The van der Waals surface area contributed by atoms with E-state index in [1.807, 2.05) is 11.8 Å². The number of hydrogen-bond donors (Lipinski definition) is 1. The first-order valence-corrected chi connectivity index (χ1v) is 6.78. The van der Waals surface area contributed by atoms with Gasteiger partial charge in [0.1, 0.15) is 5.75 Å². The Labute approximate surface area is 102 Å². The van der Waals surface area contributed by atoms with Crippen molar-refractivity contribution in [3.05, 3.63) is 29.3 Å². The predicted octanol–water partition coefficient (Wildman–Crippen LogP) is 2.80. The fraction of sp³-hybridized carbons (Fsp3) is 0.538. The first-order chi connectivity index (χ1) is 7.74. The van der Waals surface area contributed by atoms with Gasteiger partial charge in [0.25, 0.3) is 0 Å². The van der Waals surface area contributed by atoms with E-state index in [9.17, 15) is 0 Å². The molecule has 0 unspecified atom stereocenters. The van der Waals surface area contributed by atoms with Gasteiger partial charge in [-0.1, -0.05) is 12.1 Å². The van der Waals surface area contributed by atoms with Crippen molar-refractivity contribution in [2.75, 3.05) is 24.7 Å². The molecule has 0 saturated heterocycles. The third-order valence-electron chi connectivity index (χ3n) is 2.28. The Hall–Kier alpha value is -0.670. The molecule has 0 atom stereocenters. The second-order valence-electron chi connectivity index (χ2n) is 3.81. The summed E-state index contributed by atoms with van der Waals surface area (Å²) in [5.74, 6) is 2.97. The average Bonchev–Trinajstić information content (AvgIpc) is 2.28. The highest BCUT2D eigenvalue weighted by Gasteiger charge is 1.99. The molecule has 1 aromatic rings. The lowest BCUT2D eigenvalue weighted by atomic mass is 10.1. The third-order valence-corrected chi connectivity index (χ3v) is 3.31. The zero-order chi connectivity index (χ0) is 11.8. The monoisotopic (exact) mass is 240 g/mol. The second kappa shape index (κ2) is 7.58. The Kier molecular flexibility index (Phi) is 6.34. The lowest BCUT2D eigenvalue weighted by molar-refractivity contribution is 0.296. The molecule has 0 aliphatic heterocycles. The summed E-state index contributed by atoms with van der Waals surface area (Å²) in [4.78, 5) is 0. The van der Waals surface area contributed by atoms with Crippen molar-refractivity contribution in [2.24, 2.45) is 0 Å². The van der Waals surface area contributed by atoms with E-state index >= 15 is 0 Å². The molecule has 0 heterocycles. The van der Waals surface area contributed by atoms with Crippen LogP contribution in [0.5, 0.6) is 5.75 Å². The van der Waals surface area contributed by atoms with Crippen LogP contribution in [0.1, 0.15) is 17.5 Å². The molecule has 16 heavy (non-hydrogen) atoms. The fourth-order valence-corrected chi connectivity index (χ4v) is 2.08. The van der Waals surface area contributed by atoms with Crippen molar-refractivity contribution < 1.29 is 9.84 Å². The van der Waals surface area contributed by atoms with Gasteiger partial charge in [0.15, 0.2) is 0 Å². The van der Waals surface area contributed by atoms with Gasteiger partial charge in [-0.25, -0.2) is 0 Å². The molecule has 0 fully saturated rings. The highest BCUT2D eigenvalue weighted by atomic mass is 32.2. The standard InChI is InChI=1S/C13H20O2S/c1-11-4-5-12(2)13(10-11)15-7-9-16-8-3-6-14/h4-5,10,14H,3,6-9H2,1-2H3. The molecule has 0 saturated carbocycles. The molecular formula is C13H20O2S. The third kappa shape index (κ3) is 4.90. The number of aliphatic hydroxyl groups is 1. The van der Waals surface area contributed by atoms with Crippen molar-refractivity contribution in [3.63, 3.8) is 0 Å². The van der Waals surface area contributed by atoms with Crippen LogP contribution in [0.4, 0.5) is 0 Å². The van der Waals surface area contributed by atoms with E-state index in [4.69, 9.17) is 9.84 Å². The van der Waals surface area contributed by atoms with Crippen LogP contribution in [-0.2, 0) is 0 Å². The van der Waals surface area contributed by atoms with Gasteiger partial charge < -0.3 is 9.84 Å². The Morgan fingerprint density at radius 1 is 1.25 bits per heavy atom. The minimum Gasteiger partial charge on any atom is -0.492 e. The second-order valence-corrected chi connectivity index (χ2v) is 5.03. The largest absolute Gasteiger partial charge is 0.492 e. The van der Waals surface area contributed by atoms with Gasteiger partial charge in [-0.15, -0.1) is 0 Å². The normalized spacial score (nSPS) is 10.4. The zero-order valence-corrected chi connectivity index (χ0v) is 10.8. The molecule has 0 spiro atoms. The van der Waals surface area contributed by atoms with E-state index in [-0.39, 0.29) is 6.61 Å². The minimum atomic E-state index is 0.283. The fourth-order valence-electron chi connectivity index (χ4n) is 1.34. The summed E-state index contributed by atoms with van der Waals surface area (Å²) in [6, 6.07) is 6.26. The first kappa shape index (κ1) is 13.4. The topological polar surface area (TPSA) is 29.5 Å². The smallest absolute Gasteiger partial charge is 0.122 e. The van der Waals surface area contributed by atoms with E-state index in [0.717, 1.165) is 30.3 Å². The summed E-state index contributed by atoms with van der Waals surface area (Å²) in [6.07, 6.45) is 0.869. The van der Waals surface area contributed by atoms with Crippen molar-refractivity contribution in [1.82, 2.24) is 0 Å². The molecule has 0 aliphatic carbocycles. The molecule has 0 radical (unpaired) electrons. The summed E-state index contributed by atoms with van der Waals surface area (Å²) in [5.41, 5.74) is 2.42. The van der Waals surface area contributed by atoms with Crippen LogP contribution in [0, 0.1) is 13.8 Å². The molecule has 1 rings (SSSR count). The summed E-state index contributed by atoms with van der Waals surface area (Å²) in [7, 11) is 0. The Balaban J connectivity index is 2.23.